The number of pyridine rings is 1. The Kier molecular flexibility index (Phi) is 6.66. The minimum atomic E-state index is 0.593. The van der Waals surface area contributed by atoms with E-state index >= 15 is 0 Å². The quantitative estimate of drug-likeness (QED) is 0.284. The fourth-order valence-electron chi connectivity index (χ4n) is 3.02. The summed E-state index contributed by atoms with van der Waals surface area (Å²) in [6.07, 6.45) is 4.19. The minimum absolute atomic E-state index is 0.593. The van der Waals surface area contributed by atoms with Crippen molar-refractivity contribution in [3.8, 4) is 27.8 Å². The maximum atomic E-state index is 9.93. The van der Waals surface area contributed by atoms with Crippen LogP contribution in [0.2, 0.25) is 5.02 Å². The Hall–Kier alpha value is -2.84. The van der Waals surface area contributed by atoms with Gasteiger partial charge in [-0.3, -0.25) is 0 Å². The smallest absolute Gasteiger partial charge is 0.115 e. The summed E-state index contributed by atoms with van der Waals surface area (Å²) in [6.45, 7) is 0. The van der Waals surface area contributed by atoms with Gasteiger partial charge in [-0.15, -0.1) is 23.1 Å². The molecule has 0 atom stereocenters. The lowest BCUT2D eigenvalue weighted by Crippen LogP contribution is -1.95. The summed E-state index contributed by atoms with van der Waals surface area (Å²) < 4.78 is 0. The summed E-state index contributed by atoms with van der Waals surface area (Å²) in [4.78, 5) is 5.91. The Morgan fingerprint density at radius 3 is 2.53 bits per heavy atom. The average molecular weight is 445 g/mol. The molecule has 0 amide bonds. The number of thioether (sulfide) groups is 1. The molecule has 0 unspecified atom stereocenters. The molecule has 0 spiro atoms. The van der Waals surface area contributed by atoms with E-state index in [1.165, 1.54) is 0 Å². The van der Waals surface area contributed by atoms with Crippen LogP contribution in [0.4, 0.5) is 0 Å². The molecular formula is C25H17ClN2S2. The van der Waals surface area contributed by atoms with E-state index in [0.29, 0.717) is 10.6 Å². The van der Waals surface area contributed by atoms with Crippen molar-refractivity contribution in [2.75, 3.05) is 5.75 Å². The molecule has 2 aromatic heterocycles. The van der Waals surface area contributed by atoms with Gasteiger partial charge in [0.1, 0.15) is 11.1 Å². The van der Waals surface area contributed by atoms with E-state index in [4.69, 9.17) is 16.6 Å². The first-order chi connectivity index (χ1) is 14.7. The molecule has 2 nitrogen and oxygen atoms in total. The normalized spacial score (nSPS) is 10.9. The van der Waals surface area contributed by atoms with Crippen LogP contribution >= 0.6 is 34.7 Å². The second kappa shape index (κ2) is 9.77. The third-order valence-corrected chi connectivity index (χ3v) is 6.53. The van der Waals surface area contributed by atoms with Crippen molar-refractivity contribution < 1.29 is 0 Å². The van der Waals surface area contributed by atoms with Crippen molar-refractivity contribution in [2.45, 2.75) is 5.03 Å². The summed E-state index contributed by atoms with van der Waals surface area (Å²) in [5.74, 6) is 0.727. The minimum Gasteiger partial charge on any atom is -0.239 e. The van der Waals surface area contributed by atoms with E-state index < -0.39 is 0 Å². The van der Waals surface area contributed by atoms with E-state index in [-0.39, 0.29) is 0 Å². The first-order valence-corrected chi connectivity index (χ1v) is 11.6. The Bertz CT molecular complexity index is 1190. The highest BCUT2D eigenvalue weighted by Gasteiger charge is 2.16. The molecule has 2 heterocycles. The molecule has 0 aliphatic rings. The number of halogens is 1. The van der Waals surface area contributed by atoms with Crippen molar-refractivity contribution in [2.24, 2.45) is 0 Å². The van der Waals surface area contributed by atoms with Gasteiger partial charge in [-0.2, -0.15) is 5.26 Å². The summed E-state index contributed by atoms with van der Waals surface area (Å²) in [6, 6.07) is 26.2. The zero-order valence-electron chi connectivity index (χ0n) is 16.0. The van der Waals surface area contributed by atoms with Crippen LogP contribution in [0.15, 0.2) is 89.3 Å². The Morgan fingerprint density at radius 1 is 1.03 bits per heavy atom. The van der Waals surface area contributed by atoms with Gasteiger partial charge in [0.05, 0.1) is 16.1 Å². The van der Waals surface area contributed by atoms with Gasteiger partial charge >= 0.3 is 0 Å². The lowest BCUT2D eigenvalue weighted by Gasteiger charge is -2.11. The van der Waals surface area contributed by atoms with Crippen LogP contribution < -0.4 is 0 Å². The van der Waals surface area contributed by atoms with Gasteiger partial charge < -0.3 is 0 Å². The fraction of sp³-hybridized carbons (Fsp3) is 0.0400. The van der Waals surface area contributed by atoms with Gasteiger partial charge in [-0.1, -0.05) is 72.3 Å². The monoisotopic (exact) mass is 444 g/mol. The number of hydrogen-bond acceptors (Lipinski definition) is 4. The van der Waals surface area contributed by atoms with Crippen LogP contribution in [0.1, 0.15) is 11.1 Å². The van der Waals surface area contributed by atoms with Crippen LogP contribution in [-0.4, -0.2) is 10.7 Å². The molecule has 4 rings (SSSR count). The molecule has 5 heteroatoms. The molecule has 0 bridgehead atoms. The van der Waals surface area contributed by atoms with Gasteiger partial charge in [0.25, 0.3) is 0 Å². The molecule has 0 aliphatic carbocycles. The number of nitrogens with zero attached hydrogens (tertiary/aromatic N) is 2. The zero-order valence-corrected chi connectivity index (χ0v) is 18.3. The number of benzene rings is 2. The molecule has 0 fully saturated rings. The van der Waals surface area contributed by atoms with Crippen molar-refractivity contribution in [1.29, 1.82) is 5.26 Å². The van der Waals surface area contributed by atoms with E-state index in [0.717, 1.165) is 38.0 Å². The number of rotatable bonds is 6. The molecule has 146 valence electrons. The van der Waals surface area contributed by atoms with Gasteiger partial charge in [0, 0.05) is 16.3 Å². The van der Waals surface area contributed by atoms with Crippen LogP contribution in [0.3, 0.4) is 0 Å². The summed E-state index contributed by atoms with van der Waals surface area (Å²) in [7, 11) is 0. The maximum absolute atomic E-state index is 9.93. The predicted octanol–water partition coefficient (Wildman–Crippen LogP) is 7.81. The summed E-state index contributed by atoms with van der Waals surface area (Å²) >= 11 is 9.28. The molecule has 0 N–H and O–H groups in total. The third-order valence-electron chi connectivity index (χ3n) is 4.45. The van der Waals surface area contributed by atoms with Gasteiger partial charge in [-0.25, -0.2) is 4.98 Å². The second-order valence-electron chi connectivity index (χ2n) is 6.46. The molecule has 4 aromatic rings. The number of thiophene rings is 1. The lowest BCUT2D eigenvalue weighted by molar-refractivity contribution is 1.12. The Morgan fingerprint density at radius 2 is 1.83 bits per heavy atom. The van der Waals surface area contributed by atoms with Crippen LogP contribution in [0.25, 0.3) is 27.8 Å². The standard InChI is InChI=1S/C25H17ClN2S2/c26-20-12-10-19(11-13-20)21-16-23(24-9-5-14-29-24)28-25(22(21)17-27)30-15-4-8-18-6-2-1-3-7-18/h1-14,16H,15H2. The second-order valence-corrected chi connectivity index (χ2v) is 8.85. The highest BCUT2D eigenvalue weighted by molar-refractivity contribution is 7.99. The number of hydrogen-bond donors (Lipinski definition) is 0. The number of aromatic nitrogens is 1. The molecule has 0 aliphatic heterocycles. The van der Waals surface area contributed by atoms with E-state index in [9.17, 15) is 5.26 Å². The van der Waals surface area contributed by atoms with Crippen molar-refractivity contribution in [3.63, 3.8) is 0 Å². The van der Waals surface area contributed by atoms with Crippen LogP contribution in [-0.2, 0) is 0 Å². The SMILES string of the molecule is N#Cc1c(-c2ccc(Cl)cc2)cc(-c2cccs2)nc1SCC=Cc1ccccc1. The fourth-order valence-corrected chi connectivity index (χ4v) is 4.64. The van der Waals surface area contributed by atoms with Gasteiger partial charge in [0.2, 0.25) is 0 Å². The third kappa shape index (κ3) is 4.83. The van der Waals surface area contributed by atoms with Crippen molar-refractivity contribution >= 4 is 40.8 Å². The van der Waals surface area contributed by atoms with Gasteiger partial charge in [0.15, 0.2) is 0 Å². The van der Waals surface area contributed by atoms with Crippen molar-refractivity contribution in [3.05, 3.63) is 100 Å². The Balaban J connectivity index is 1.70. The Labute approximate surface area is 189 Å². The zero-order chi connectivity index (χ0) is 20.8. The lowest BCUT2D eigenvalue weighted by atomic mass is 10.0. The topological polar surface area (TPSA) is 36.7 Å². The maximum Gasteiger partial charge on any atom is 0.115 e. The van der Waals surface area contributed by atoms with E-state index in [1.807, 2.05) is 60.0 Å². The average Bonchev–Trinajstić information content (AvgIpc) is 3.32. The van der Waals surface area contributed by atoms with Crippen molar-refractivity contribution in [1.82, 2.24) is 4.98 Å². The van der Waals surface area contributed by atoms with E-state index in [2.05, 4.69) is 36.4 Å². The van der Waals surface area contributed by atoms with Crippen LogP contribution in [0, 0.1) is 11.3 Å². The number of nitriles is 1. The molecule has 0 radical (unpaired) electrons. The largest absolute Gasteiger partial charge is 0.239 e. The van der Waals surface area contributed by atoms with E-state index in [1.54, 1.807) is 23.1 Å². The highest BCUT2D eigenvalue weighted by Crippen LogP contribution is 2.35. The highest BCUT2D eigenvalue weighted by atomic mass is 35.5. The van der Waals surface area contributed by atoms with Gasteiger partial charge in [-0.05, 0) is 40.8 Å². The first kappa shape index (κ1) is 20.4. The molecule has 30 heavy (non-hydrogen) atoms. The summed E-state index contributed by atoms with van der Waals surface area (Å²) in [5.41, 5.74) is 4.46. The molecule has 0 saturated heterocycles. The first-order valence-electron chi connectivity index (χ1n) is 9.34. The molecule has 2 aromatic carbocycles. The predicted molar refractivity (Wildman–Crippen MR) is 129 cm³/mol. The molecule has 0 saturated carbocycles. The summed E-state index contributed by atoms with van der Waals surface area (Å²) in [5, 5.41) is 13.4. The van der Waals surface area contributed by atoms with Crippen LogP contribution in [0.5, 0.6) is 0 Å². The molecular weight excluding hydrogens is 428 g/mol.